The van der Waals surface area contributed by atoms with Gasteiger partial charge in [-0.15, -0.1) is 0 Å². The molecule has 0 aliphatic heterocycles. The van der Waals surface area contributed by atoms with Gasteiger partial charge in [-0.2, -0.15) is 0 Å². The van der Waals surface area contributed by atoms with Crippen LogP contribution in [-0.2, 0) is 11.3 Å². The summed E-state index contributed by atoms with van der Waals surface area (Å²) in [5.41, 5.74) is 2.71. The van der Waals surface area contributed by atoms with Gasteiger partial charge < -0.3 is 19.2 Å². The fourth-order valence-electron chi connectivity index (χ4n) is 3.93. The lowest BCUT2D eigenvalue weighted by molar-refractivity contribution is -0.00690. The van der Waals surface area contributed by atoms with Gasteiger partial charge in [-0.25, -0.2) is 4.79 Å². The van der Waals surface area contributed by atoms with Gasteiger partial charge in [-0.1, -0.05) is 34.1 Å². The van der Waals surface area contributed by atoms with E-state index in [0.717, 1.165) is 46.9 Å². The van der Waals surface area contributed by atoms with Gasteiger partial charge in [-0.3, -0.25) is 0 Å². The second-order valence-electron chi connectivity index (χ2n) is 7.72. The summed E-state index contributed by atoms with van der Waals surface area (Å²) in [5.74, 6) is 0.778. The van der Waals surface area contributed by atoms with E-state index in [2.05, 4.69) is 27.3 Å². The number of nitrogens with one attached hydrogen (secondary N) is 1. The van der Waals surface area contributed by atoms with Crippen LogP contribution in [0.1, 0.15) is 36.8 Å². The molecule has 1 aromatic heterocycles. The second kappa shape index (κ2) is 9.23. The molecule has 1 fully saturated rings. The van der Waals surface area contributed by atoms with Gasteiger partial charge >= 0.3 is 5.63 Å². The summed E-state index contributed by atoms with van der Waals surface area (Å²) in [6, 6.07) is 13.9. The molecule has 0 amide bonds. The molecule has 1 N–H and O–H groups in total. The summed E-state index contributed by atoms with van der Waals surface area (Å²) < 4.78 is 19.0. The molecule has 1 aliphatic rings. The third-order valence-corrected chi connectivity index (χ3v) is 6.49. The van der Waals surface area contributed by atoms with Crippen molar-refractivity contribution in [2.45, 2.75) is 51.4 Å². The van der Waals surface area contributed by atoms with E-state index in [0.29, 0.717) is 17.9 Å². The van der Waals surface area contributed by atoms with E-state index in [9.17, 15) is 4.79 Å². The maximum Gasteiger partial charge on any atom is 0.359 e. The van der Waals surface area contributed by atoms with Crippen molar-refractivity contribution in [3.63, 3.8) is 0 Å². The lowest BCUT2D eigenvalue weighted by atomic mass is 9.94. The van der Waals surface area contributed by atoms with E-state index in [4.69, 9.17) is 13.9 Å². The molecule has 0 unspecified atom stereocenters. The highest BCUT2D eigenvalue weighted by Crippen LogP contribution is 2.32. The zero-order chi connectivity index (χ0) is 21.1. The molecule has 5 nitrogen and oxygen atoms in total. The molecule has 1 aliphatic carbocycles. The third-order valence-electron chi connectivity index (χ3n) is 5.72. The van der Waals surface area contributed by atoms with Gasteiger partial charge in [-0.05, 0) is 62.4 Å². The molecular formula is C24H26BrNO4. The van der Waals surface area contributed by atoms with Crippen LogP contribution in [0.25, 0.3) is 11.0 Å². The molecule has 0 atom stereocenters. The molecule has 1 heterocycles. The lowest BCUT2D eigenvalue weighted by Crippen LogP contribution is -2.28. The van der Waals surface area contributed by atoms with E-state index < -0.39 is 0 Å². The largest absolute Gasteiger partial charge is 0.490 e. The first kappa shape index (κ1) is 20.9. The average molecular weight is 472 g/mol. The quantitative estimate of drug-likeness (QED) is 0.459. The van der Waals surface area contributed by atoms with Gasteiger partial charge in [0, 0.05) is 22.5 Å². The van der Waals surface area contributed by atoms with Crippen LogP contribution in [-0.4, -0.2) is 19.3 Å². The molecular weight excluding hydrogens is 446 g/mol. The monoisotopic (exact) mass is 471 g/mol. The second-order valence-corrected chi connectivity index (χ2v) is 8.58. The van der Waals surface area contributed by atoms with Crippen LogP contribution in [0.4, 0.5) is 5.69 Å². The first-order chi connectivity index (χ1) is 14.5. The maximum absolute atomic E-state index is 12.1. The van der Waals surface area contributed by atoms with Gasteiger partial charge in [0.05, 0.1) is 18.8 Å². The number of fused-ring (bicyclic) bond motifs is 1. The highest BCUT2D eigenvalue weighted by Gasteiger charge is 2.24. The van der Waals surface area contributed by atoms with Crippen molar-refractivity contribution >= 4 is 32.6 Å². The van der Waals surface area contributed by atoms with Crippen molar-refractivity contribution in [2.75, 3.05) is 12.4 Å². The highest BCUT2D eigenvalue weighted by atomic mass is 79.9. The van der Waals surface area contributed by atoms with Gasteiger partial charge in [0.15, 0.2) is 0 Å². The number of rotatable bonds is 6. The summed E-state index contributed by atoms with van der Waals surface area (Å²) in [6.07, 6.45) is 4.24. The average Bonchev–Trinajstić information content (AvgIpc) is 2.76. The first-order valence-electron chi connectivity index (χ1n) is 10.3. The first-order valence-corrected chi connectivity index (χ1v) is 11.1. The van der Waals surface area contributed by atoms with E-state index in [-0.39, 0.29) is 17.8 Å². The molecule has 1 saturated carbocycles. The predicted octanol–water partition coefficient (Wildman–Crippen LogP) is 5.81. The van der Waals surface area contributed by atoms with E-state index in [1.807, 2.05) is 43.3 Å². The fraction of sp³-hybridized carbons (Fsp3) is 0.375. The van der Waals surface area contributed by atoms with Gasteiger partial charge in [0.1, 0.15) is 17.0 Å². The Balaban J connectivity index is 1.37. The molecule has 30 heavy (non-hydrogen) atoms. The Hall–Kier alpha value is -2.31. The van der Waals surface area contributed by atoms with Crippen molar-refractivity contribution < 1.29 is 13.9 Å². The highest BCUT2D eigenvalue weighted by molar-refractivity contribution is 9.10. The Kier molecular flexibility index (Phi) is 6.44. The summed E-state index contributed by atoms with van der Waals surface area (Å²) in [4.78, 5) is 12.1. The van der Waals surface area contributed by atoms with Crippen LogP contribution in [0.5, 0.6) is 5.75 Å². The number of benzene rings is 2. The summed E-state index contributed by atoms with van der Waals surface area (Å²) in [6.45, 7) is 2.56. The number of aryl methyl sites for hydroxylation is 1. The molecule has 0 bridgehead atoms. The number of ether oxygens (including phenoxy) is 2. The minimum atomic E-state index is -0.368. The molecule has 4 rings (SSSR count). The van der Waals surface area contributed by atoms with Gasteiger partial charge in [0.25, 0.3) is 0 Å². The SMILES string of the molecule is CNc1cc2ccc(OC3CCC(OCc4ccccc4Br)CC3)c(C)c2oc1=O. The van der Waals surface area contributed by atoms with E-state index in [1.165, 1.54) is 5.56 Å². The number of hydrogen-bond donors (Lipinski definition) is 1. The zero-order valence-electron chi connectivity index (χ0n) is 17.2. The minimum Gasteiger partial charge on any atom is -0.490 e. The van der Waals surface area contributed by atoms with Crippen LogP contribution in [0, 0.1) is 6.92 Å². The molecule has 0 radical (unpaired) electrons. The maximum atomic E-state index is 12.1. The van der Waals surface area contributed by atoms with Crippen LogP contribution < -0.4 is 15.7 Å². The normalized spacial score (nSPS) is 19.0. The van der Waals surface area contributed by atoms with Crippen molar-refractivity contribution in [1.29, 1.82) is 0 Å². The molecule has 2 aromatic carbocycles. The minimum absolute atomic E-state index is 0.146. The van der Waals surface area contributed by atoms with Crippen LogP contribution in [0.15, 0.2) is 56.1 Å². The molecule has 158 valence electrons. The Labute approximate surface area is 184 Å². The fourth-order valence-corrected chi connectivity index (χ4v) is 4.33. The summed E-state index contributed by atoms with van der Waals surface area (Å²) in [7, 11) is 1.71. The summed E-state index contributed by atoms with van der Waals surface area (Å²) in [5, 5.41) is 3.75. The molecule has 0 spiro atoms. The Morgan fingerprint density at radius 1 is 1.10 bits per heavy atom. The Bertz CT molecular complexity index is 1090. The van der Waals surface area contributed by atoms with Crippen LogP contribution >= 0.6 is 15.9 Å². The van der Waals surface area contributed by atoms with Gasteiger partial charge in [0.2, 0.25) is 0 Å². The number of halogens is 1. The number of anilines is 1. The predicted molar refractivity (Wildman–Crippen MR) is 122 cm³/mol. The summed E-state index contributed by atoms with van der Waals surface area (Å²) >= 11 is 3.57. The van der Waals surface area contributed by atoms with E-state index >= 15 is 0 Å². The van der Waals surface area contributed by atoms with Crippen molar-refractivity contribution in [3.05, 3.63) is 68.5 Å². The van der Waals surface area contributed by atoms with Crippen molar-refractivity contribution in [2.24, 2.45) is 0 Å². The lowest BCUT2D eigenvalue weighted by Gasteiger charge is -2.29. The van der Waals surface area contributed by atoms with Crippen molar-refractivity contribution in [3.8, 4) is 5.75 Å². The smallest absolute Gasteiger partial charge is 0.359 e. The standard InChI is InChI=1S/C24H26BrNO4/c1-15-22(12-7-16-13-21(26-2)24(27)30-23(15)16)29-19-10-8-18(9-11-19)28-14-17-5-3-4-6-20(17)25/h3-7,12-13,18-19,26H,8-11,14H2,1-2H3. The molecule has 6 heteroatoms. The van der Waals surface area contributed by atoms with Crippen LogP contribution in [0.3, 0.4) is 0 Å². The Morgan fingerprint density at radius 2 is 1.83 bits per heavy atom. The zero-order valence-corrected chi connectivity index (χ0v) is 18.8. The van der Waals surface area contributed by atoms with Crippen molar-refractivity contribution in [1.82, 2.24) is 0 Å². The number of hydrogen-bond acceptors (Lipinski definition) is 5. The Morgan fingerprint density at radius 3 is 2.57 bits per heavy atom. The molecule has 3 aromatic rings. The third kappa shape index (κ3) is 4.55. The topological polar surface area (TPSA) is 60.7 Å². The van der Waals surface area contributed by atoms with Crippen LogP contribution in [0.2, 0.25) is 0 Å². The van der Waals surface area contributed by atoms with E-state index in [1.54, 1.807) is 7.05 Å². The molecule has 0 saturated heterocycles.